The van der Waals surface area contributed by atoms with Gasteiger partial charge >= 0.3 is 0 Å². The number of nitrogens with two attached hydrogens (primary N) is 1. The predicted octanol–water partition coefficient (Wildman–Crippen LogP) is 2.19. The minimum atomic E-state index is -3.79. The van der Waals surface area contributed by atoms with E-state index in [1.165, 1.54) is 36.4 Å². The van der Waals surface area contributed by atoms with Gasteiger partial charge in [-0.1, -0.05) is 17.9 Å². The maximum Gasteiger partial charge on any atom is 0.238 e. The Morgan fingerprint density at radius 1 is 1.19 bits per heavy atom. The Morgan fingerprint density at radius 2 is 1.93 bits per heavy atom. The molecule has 0 aliphatic heterocycles. The second-order valence-corrected chi connectivity index (χ2v) is 7.26. The van der Waals surface area contributed by atoms with Crippen molar-refractivity contribution in [1.29, 1.82) is 0 Å². The first-order valence-corrected chi connectivity index (χ1v) is 9.42. The smallest absolute Gasteiger partial charge is 0.238 e. The highest BCUT2D eigenvalue weighted by Gasteiger charge is 2.09. The second kappa shape index (κ2) is 7.61. The van der Waals surface area contributed by atoms with Crippen molar-refractivity contribution in [2.75, 3.05) is 0 Å². The van der Waals surface area contributed by atoms with Crippen LogP contribution in [0.25, 0.3) is 0 Å². The van der Waals surface area contributed by atoms with Crippen LogP contribution in [0.4, 0.5) is 4.39 Å². The molecule has 2 N–H and O–H groups in total. The van der Waals surface area contributed by atoms with Crippen LogP contribution in [0, 0.1) is 17.7 Å². The minimum Gasteiger partial charge on any atom is -0.487 e. The van der Waals surface area contributed by atoms with Crippen molar-refractivity contribution >= 4 is 10.0 Å². The number of nitrogens with zero attached hydrogens (tertiary/aromatic N) is 2. The van der Waals surface area contributed by atoms with Crippen LogP contribution in [-0.2, 0) is 23.7 Å². The number of aryl methyl sites for hydroxylation is 1. The van der Waals surface area contributed by atoms with Crippen molar-refractivity contribution in [2.24, 2.45) is 12.2 Å². The average Bonchev–Trinajstić information content (AvgIpc) is 2.99. The largest absolute Gasteiger partial charge is 0.487 e. The van der Waals surface area contributed by atoms with E-state index in [9.17, 15) is 12.8 Å². The molecule has 138 valence electrons. The van der Waals surface area contributed by atoms with Crippen LogP contribution in [-0.4, -0.2) is 18.2 Å². The molecule has 3 rings (SSSR count). The summed E-state index contributed by atoms with van der Waals surface area (Å²) in [6, 6.07) is 11.8. The monoisotopic (exact) mass is 385 g/mol. The normalized spacial score (nSPS) is 10.9. The van der Waals surface area contributed by atoms with Crippen LogP contribution in [0.5, 0.6) is 5.75 Å². The fourth-order valence-electron chi connectivity index (χ4n) is 2.31. The number of primary sulfonamides is 1. The molecule has 0 saturated carbocycles. The first-order chi connectivity index (χ1) is 12.8. The molecular formula is C19H16FN3O3S. The van der Waals surface area contributed by atoms with Gasteiger partial charge in [0.25, 0.3) is 0 Å². The zero-order chi connectivity index (χ0) is 19.4. The summed E-state index contributed by atoms with van der Waals surface area (Å²) in [5.41, 5.74) is 1.88. The van der Waals surface area contributed by atoms with E-state index >= 15 is 0 Å². The molecule has 0 bridgehead atoms. The highest BCUT2D eigenvalue weighted by atomic mass is 32.2. The van der Waals surface area contributed by atoms with Gasteiger partial charge in [-0.25, -0.2) is 17.9 Å². The molecule has 1 heterocycles. The van der Waals surface area contributed by atoms with Crippen LogP contribution in [0.15, 0.2) is 59.6 Å². The van der Waals surface area contributed by atoms with Gasteiger partial charge in [-0.3, -0.25) is 4.68 Å². The molecule has 0 radical (unpaired) electrons. The Bertz CT molecular complexity index is 1130. The standard InChI is InChI=1S/C19H16FN3O3S/c1-23-19(13-26-17-9-7-16(20)8-10-17)15(12-22-23)6-5-14-3-2-4-18(11-14)27(21,24)25/h2-4,7-12H,13H2,1H3,(H2,21,24,25). The molecule has 8 heteroatoms. The third kappa shape index (κ3) is 4.73. The lowest BCUT2D eigenvalue weighted by Gasteiger charge is -2.07. The van der Waals surface area contributed by atoms with Gasteiger partial charge in [0.1, 0.15) is 18.2 Å². The van der Waals surface area contributed by atoms with Gasteiger partial charge in [-0.15, -0.1) is 0 Å². The number of aromatic nitrogens is 2. The summed E-state index contributed by atoms with van der Waals surface area (Å²) in [6.45, 7) is 0.198. The fourth-order valence-corrected chi connectivity index (χ4v) is 2.87. The topological polar surface area (TPSA) is 87.2 Å². The van der Waals surface area contributed by atoms with Crippen molar-refractivity contribution in [3.05, 3.63) is 77.4 Å². The van der Waals surface area contributed by atoms with E-state index in [2.05, 4.69) is 16.9 Å². The molecule has 1 aromatic heterocycles. The van der Waals surface area contributed by atoms with E-state index < -0.39 is 10.0 Å². The molecule has 27 heavy (non-hydrogen) atoms. The van der Waals surface area contributed by atoms with Crippen molar-refractivity contribution in [3.8, 4) is 17.6 Å². The number of benzene rings is 2. The van der Waals surface area contributed by atoms with Gasteiger partial charge in [-0.05, 0) is 42.5 Å². The number of hydrogen-bond acceptors (Lipinski definition) is 4. The summed E-state index contributed by atoms with van der Waals surface area (Å²) in [5.74, 6) is 6.06. The van der Waals surface area contributed by atoms with E-state index in [4.69, 9.17) is 9.88 Å². The zero-order valence-electron chi connectivity index (χ0n) is 14.4. The molecule has 0 aliphatic rings. The van der Waals surface area contributed by atoms with Crippen molar-refractivity contribution in [1.82, 2.24) is 9.78 Å². The Morgan fingerprint density at radius 3 is 2.63 bits per heavy atom. The van der Waals surface area contributed by atoms with E-state index in [1.807, 2.05) is 0 Å². The first kappa shape index (κ1) is 18.6. The molecule has 0 unspecified atom stereocenters. The summed E-state index contributed by atoms with van der Waals surface area (Å²) in [6.07, 6.45) is 1.60. The Labute approximate surface area is 156 Å². The summed E-state index contributed by atoms with van der Waals surface area (Å²) in [7, 11) is -2.03. The van der Waals surface area contributed by atoms with Gasteiger partial charge in [0, 0.05) is 12.6 Å². The SMILES string of the molecule is Cn1ncc(C#Cc2cccc(S(N)(=O)=O)c2)c1COc1ccc(F)cc1. The van der Waals surface area contributed by atoms with Gasteiger partial charge in [-0.2, -0.15) is 5.10 Å². The summed E-state index contributed by atoms with van der Waals surface area (Å²) in [4.78, 5) is 0.000327. The van der Waals surface area contributed by atoms with Crippen LogP contribution in [0.1, 0.15) is 16.8 Å². The average molecular weight is 385 g/mol. The van der Waals surface area contributed by atoms with E-state index in [-0.39, 0.29) is 17.3 Å². The van der Waals surface area contributed by atoms with Crippen LogP contribution >= 0.6 is 0 Å². The Balaban J connectivity index is 1.81. The molecule has 0 atom stereocenters. The minimum absolute atomic E-state index is 0.000327. The Kier molecular flexibility index (Phi) is 5.26. The number of rotatable bonds is 4. The summed E-state index contributed by atoms with van der Waals surface area (Å²) < 4.78 is 43.1. The van der Waals surface area contributed by atoms with Gasteiger partial charge < -0.3 is 4.74 Å². The molecule has 0 saturated heterocycles. The lowest BCUT2D eigenvalue weighted by molar-refractivity contribution is 0.294. The third-order valence-corrected chi connectivity index (χ3v) is 4.67. The number of ether oxygens (including phenoxy) is 1. The number of sulfonamides is 1. The zero-order valence-corrected chi connectivity index (χ0v) is 15.2. The summed E-state index contributed by atoms with van der Waals surface area (Å²) in [5, 5.41) is 9.31. The maximum atomic E-state index is 13.0. The number of hydrogen-bond donors (Lipinski definition) is 1. The quantitative estimate of drug-likeness (QED) is 0.698. The van der Waals surface area contributed by atoms with E-state index in [1.54, 1.807) is 30.1 Å². The predicted molar refractivity (Wildman–Crippen MR) is 97.7 cm³/mol. The van der Waals surface area contributed by atoms with Gasteiger partial charge in [0.15, 0.2) is 0 Å². The first-order valence-electron chi connectivity index (χ1n) is 7.87. The van der Waals surface area contributed by atoms with Crippen molar-refractivity contribution < 1.29 is 17.5 Å². The highest BCUT2D eigenvalue weighted by molar-refractivity contribution is 7.89. The van der Waals surface area contributed by atoms with E-state index in [0.717, 1.165) is 5.69 Å². The summed E-state index contributed by atoms with van der Waals surface area (Å²) >= 11 is 0. The molecule has 3 aromatic rings. The van der Waals surface area contributed by atoms with Crippen molar-refractivity contribution in [2.45, 2.75) is 11.5 Å². The fraction of sp³-hybridized carbons (Fsp3) is 0.105. The molecule has 0 amide bonds. The lowest BCUT2D eigenvalue weighted by atomic mass is 10.2. The molecule has 0 fully saturated rings. The Hall–Kier alpha value is -3.15. The molecule has 0 spiro atoms. The van der Waals surface area contributed by atoms with Crippen LogP contribution < -0.4 is 9.88 Å². The van der Waals surface area contributed by atoms with Crippen molar-refractivity contribution in [3.63, 3.8) is 0 Å². The van der Waals surface area contributed by atoms with Gasteiger partial charge in [0.2, 0.25) is 10.0 Å². The molecule has 2 aromatic carbocycles. The molecule has 6 nitrogen and oxygen atoms in total. The second-order valence-electron chi connectivity index (χ2n) is 5.69. The molecule has 0 aliphatic carbocycles. The van der Waals surface area contributed by atoms with E-state index in [0.29, 0.717) is 16.9 Å². The third-order valence-electron chi connectivity index (χ3n) is 3.75. The lowest BCUT2D eigenvalue weighted by Crippen LogP contribution is -2.11. The highest BCUT2D eigenvalue weighted by Crippen LogP contribution is 2.15. The van der Waals surface area contributed by atoms with Crippen LogP contribution in [0.3, 0.4) is 0 Å². The van der Waals surface area contributed by atoms with Crippen LogP contribution in [0.2, 0.25) is 0 Å². The van der Waals surface area contributed by atoms with Gasteiger partial charge in [0.05, 0.1) is 22.3 Å². The maximum absolute atomic E-state index is 13.0. The number of halogens is 1. The molecular weight excluding hydrogens is 369 g/mol.